The van der Waals surface area contributed by atoms with Gasteiger partial charge in [-0.25, -0.2) is 0 Å². The van der Waals surface area contributed by atoms with Crippen LogP contribution < -0.4 is 0 Å². The van der Waals surface area contributed by atoms with Crippen molar-refractivity contribution in [2.45, 2.75) is 25.7 Å². The Morgan fingerprint density at radius 2 is 2.06 bits per heavy atom. The van der Waals surface area contributed by atoms with Gasteiger partial charge in [-0.1, -0.05) is 24.6 Å². The lowest BCUT2D eigenvalue weighted by Crippen LogP contribution is -1.90. The number of rotatable bonds is 6. The van der Waals surface area contributed by atoms with Gasteiger partial charge in [0.25, 0.3) is 0 Å². The van der Waals surface area contributed by atoms with Crippen LogP contribution >= 0.6 is 0 Å². The fourth-order valence-corrected chi connectivity index (χ4v) is 1.99. The Labute approximate surface area is 96.2 Å². The Balaban J connectivity index is 1.91. The molecule has 0 aliphatic heterocycles. The van der Waals surface area contributed by atoms with Crippen LogP contribution in [-0.4, -0.2) is 13.7 Å². The number of hydrogen-bond donors (Lipinski definition) is 0. The molecule has 0 saturated carbocycles. The first-order valence-corrected chi connectivity index (χ1v) is 5.86. The zero-order valence-corrected chi connectivity index (χ0v) is 9.74. The van der Waals surface area contributed by atoms with E-state index in [9.17, 15) is 0 Å². The fraction of sp³-hybridized carbons (Fsp3) is 0.429. The Morgan fingerprint density at radius 3 is 2.94 bits per heavy atom. The van der Waals surface area contributed by atoms with Crippen molar-refractivity contribution in [3.63, 3.8) is 0 Å². The maximum Gasteiger partial charge on any atom is 0.137 e. The minimum atomic E-state index is 0.866. The molecule has 0 saturated heterocycles. The summed E-state index contributed by atoms with van der Waals surface area (Å²) in [5, 5.41) is 1.20. The van der Waals surface area contributed by atoms with Gasteiger partial charge in [-0.2, -0.15) is 0 Å². The van der Waals surface area contributed by atoms with E-state index in [1.165, 1.54) is 23.8 Å². The number of ether oxygens (including phenoxy) is 1. The van der Waals surface area contributed by atoms with Crippen molar-refractivity contribution in [3.8, 4) is 0 Å². The molecule has 2 heteroatoms. The van der Waals surface area contributed by atoms with Crippen molar-refractivity contribution in [3.05, 3.63) is 36.1 Å². The van der Waals surface area contributed by atoms with Crippen molar-refractivity contribution >= 4 is 11.0 Å². The highest BCUT2D eigenvalue weighted by molar-refractivity contribution is 5.80. The Bertz CT molecular complexity index is 431. The molecule has 0 fully saturated rings. The van der Waals surface area contributed by atoms with E-state index < -0.39 is 0 Å². The second kappa shape index (κ2) is 5.71. The third kappa shape index (κ3) is 2.64. The minimum absolute atomic E-state index is 0.866. The Hall–Kier alpha value is -1.28. The summed E-state index contributed by atoms with van der Waals surface area (Å²) in [5.41, 5.74) is 2.37. The molecule has 16 heavy (non-hydrogen) atoms. The number of methoxy groups -OCH3 is 1. The first kappa shape index (κ1) is 11.2. The van der Waals surface area contributed by atoms with Crippen LogP contribution in [0.4, 0.5) is 0 Å². The van der Waals surface area contributed by atoms with E-state index in [2.05, 4.69) is 18.2 Å². The van der Waals surface area contributed by atoms with Gasteiger partial charge < -0.3 is 9.15 Å². The summed E-state index contributed by atoms with van der Waals surface area (Å²) in [6.45, 7) is 0.866. The van der Waals surface area contributed by atoms with Crippen LogP contribution in [0.2, 0.25) is 0 Å². The average Bonchev–Trinajstić information content (AvgIpc) is 2.77. The molecule has 0 N–H and O–H groups in total. The highest BCUT2D eigenvalue weighted by atomic mass is 16.5. The van der Waals surface area contributed by atoms with E-state index in [4.69, 9.17) is 9.15 Å². The van der Waals surface area contributed by atoms with Crippen LogP contribution in [0.5, 0.6) is 0 Å². The van der Waals surface area contributed by atoms with Gasteiger partial charge in [0.1, 0.15) is 5.58 Å². The topological polar surface area (TPSA) is 22.4 Å². The van der Waals surface area contributed by atoms with Crippen molar-refractivity contribution in [2.24, 2.45) is 0 Å². The number of aryl methyl sites for hydroxylation is 1. The minimum Gasteiger partial charge on any atom is -0.464 e. The van der Waals surface area contributed by atoms with Crippen LogP contribution in [0.25, 0.3) is 11.0 Å². The van der Waals surface area contributed by atoms with Crippen molar-refractivity contribution in [1.82, 2.24) is 0 Å². The van der Waals surface area contributed by atoms with Gasteiger partial charge >= 0.3 is 0 Å². The maximum absolute atomic E-state index is 5.50. The number of para-hydroxylation sites is 1. The highest BCUT2D eigenvalue weighted by Gasteiger charge is 2.03. The van der Waals surface area contributed by atoms with Gasteiger partial charge in [-0.05, 0) is 30.9 Å². The van der Waals surface area contributed by atoms with Crippen molar-refractivity contribution in [1.29, 1.82) is 0 Å². The van der Waals surface area contributed by atoms with E-state index in [0.717, 1.165) is 25.0 Å². The molecular weight excluding hydrogens is 200 g/mol. The molecule has 0 bridgehead atoms. The molecule has 0 spiro atoms. The van der Waals surface area contributed by atoms with Gasteiger partial charge in [-0.15, -0.1) is 0 Å². The van der Waals surface area contributed by atoms with Gasteiger partial charge in [0.05, 0.1) is 6.26 Å². The standard InChI is InChI=1S/C14H18O2/c1-15-10-4-2-3-6-12-7-5-8-13-9-11-16-14(12)13/h5,7-9,11H,2-4,6,10H2,1H3. The zero-order valence-electron chi connectivity index (χ0n) is 9.74. The third-order valence-corrected chi connectivity index (χ3v) is 2.86. The summed E-state index contributed by atoms with van der Waals surface area (Å²) in [4.78, 5) is 0. The summed E-state index contributed by atoms with van der Waals surface area (Å²) in [7, 11) is 1.75. The molecule has 86 valence electrons. The molecule has 2 rings (SSSR count). The number of fused-ring (bicyclic) bond motifs is 1. The average molecular weight is 218 g/mol. The predicted molar refractivity (Wildman–Crippen MR) is 65.6 cm³/mol. The van der Waals surface area contributed by atoms with E-state index in [0.29, 0.717) is 0 Å². The largest absolute Gasteiger partial charge is 0.464 e. The summed E-state index contributed by atoms with van der Waals surface area (Å²) in [6, 6.07) is 8.36. The summed E-state index contributed by atoms with van der Waals surface area (Å²) in [5.74, 6) is 0. The first-order chi connectivity index (χ1) is 7.92. The molecule has 0 aliphatic carbocycles. The quantitative estimate of drug-likeness (QED) is 0.688. The molecule has 0 aliphatic rings. The number of furan rings is 1. The van der Waals surface area contributed by atoms with Crippen molar-refractivity contribution < 1.29 is 9.15 Å². The molecule has 0 unspecified atom stereocenters. The van der Waals surface area contributed by atoms with E-state index in [1.54, 1.807) is 13.4 Å². The zero-order chi connectivity index (χ0) is 11.2. The lowest BCUT2D eigenvalue weighted by Gasteiger charge is -2.02. The van der Waals surface area contributed by atoms with Crippen LogP contribution in [0.1, 0.15) is 24.8 Å². The molecule has 1 heterocycles. The lowest BCUT2D eigenvalue weighted by molar-refractivity contribution is 0.192. The van der Waals surface area contributed by atoms with E-state index >= 15 is 0 Å². The van der Waals surface area contributed by atoms with Crippen LogP contribution in [-0.2, 0) is 11.2 Å². The van der Waals surface area contributed by atoms with Crippen LogP contribution in [0.15, 0.2) is 34.9 Å². The number of hydrogen-bond acceptors (Lipinski definition) is 2. The highest BCUT2D eigenvalue weighted by Crippen LogP contribution is 2.21. The van der Waals surface area contributed by atoms with E-state index in [1.807, 2.05) is 6.07 Å². The number of unbranched alkanes of at least 4 members (excludes halogenated alkanes) is 2. The van der Waals surface area contributed by atoms with Gasteiger partial charge in [-0.3, -0.25) is 0 Å². The monoisotopic (exact) mass is 218 g/mol. The third-order valence-electron chi connectivity index (χ3n) is 2.86. The molecule has 1 aromatic heterocycles. The first-order valence-electron chi connectivity index (χ1n) is 5.86. The summed E-state index contributed by atoms with van der Waals surface area (Å²) >= 11 is 0. The predicted octanol–water partition coefficient (Wildman–Crippen LogP) is 3.79. The fourth-order valence-electron chi connectivity index (χ4n) is 1.99. The molecule has 0 radical (unpaired) electrons. The smallest absolute Gasteiger partial charge is 0.137 e. The lowest BCUT2D eigenvalue weighted by atomic mass is 10.1. The normalized spacial score (nSPS) is 11.1. The molecule has 1 aromatic carbocycles. The maximum atomic E-state index is 5.50. The molecular formula is C14H18O2. The molecule has 2 aromatic rings. The van der Waals surface area contributed by atoms with Gasteiger partial charge in [0.2, 0.25) is 0 Å². The Morgan fingerprint density at radius 1 is 1.12 bits per heavy atom. The van der Waals surface area contributed by atoms with Gasteiger partial charge in [0.15, 0.2) is 0 Å². The summed E-state index contributed by atoms with van der Waals surface area (Å²) in [6.07, 6.45) is 6.41. The Kier molecular flexibility index (Phi) is 4.00. The molecule has 0 amide bonds. The SMILES string of the molecule is COCCCCCc1cccc2ccoc12. The van der Waals surface area contributed by atoms with Crippen LogP contribution in [0.3, 0.4) is 0 Å². The second-order valence-corrected chi connectivity index (χ2v) is 4.06. The summed E-state index contributed by atoms with van der Waals surface area (Å²) < 4.78 is 10.5. The molecule has 0 atom stereocenters. The van der Waals surface area contributed by atoms with Gasteiger partial charge in [0, 0.05) is 19.1 Å². The molecule has 2 nitrogen and oxygen atoms in total. The van der Waals surface area contributed by atoms with Crippen molar-refractivity contribution in [2.75, 3.05) is 13.7 Å². The van der Waals surface area contributed by atoms with Crippen LogP contribution in [0, 0.1) is 0 Å². The number of benzene rings is 1. The second-order valence-electron chi connectivity index (χ2n) is 4.06. The van der Waals surface area contributed by atoms with E-state index in [-0.39, 0.29) is 0 Å².